The van der Waals surface area contributed by atoms with Gasteiger partial charge in [0, 0.05) is 6.04 Å². The first-order valence-corrected chi connectivity index (χ1v) is 10.3. The summed E-state index contributed by atoms with van der Waals surface area (Å²) in [6.45, 7) is 6.34. The van der Waals surface area contributed by atoms with Crippen molar-refractivity contribution in [2.75, 3.05) is 18.2 Å². The lowest BCUT2D eigenvalue weighted by Gasteiger charge is -2.35. The smallest absolute Gasteiger partial charge is 0.306 e. The number of nitrogen functional groups attached to an aromatic ring is 1. The second kappa shape index (κ2) is 9.95. The molecule has 4 nitrogen and oxygen atoms in total. The Kier molecular flexibility index (Phi) is 7.93. The standard InChI is InChI=1S/C22H35FN2O2/c1-5-15(13-20(26)27-4)17-11-18(23)22(19(24)12-17)25-21(14(2)3)16-9-7-6-8-10-16/h11-12,14-16,21,25H,5-10,13,24H2,1-4H3. The van der Waals surface area contributed by atoms with E-state index < -0.39 is 0 Å². The third-order valence-electron chi connectivity index (χ3n) is 5.93. The predicted molar refractivity (Wildman–Crippen MR) is 109 cm³/mol. The largest absolute Gasteiger partial charge is 0.469 e. The average Bonchev–Trinajstić information content (AvgIpc) is 2.65. The number of anilines is 2. The molecule has 2 unspecified atom stereocenters. The van der Waals surface area contributed by atoms with Crippen LogP contribution in [0.5, 0.6) is 0 Å². The van der Waals surface area contributed by atoms with Crippen molar-refractivity contribution >= 4 is 17.3 Å². The molecule has 1 aromatic carbocycles. The Bertz CT molecular complexity index is 604. The number of esters is 1. The van der Waals surface area contributed by atoms with Crippen molar-refractivity contribution in [1.29, 1.82) is 0 Å². The molecule has 0 saturated heterocycles. The normalized spacial score (nSPS) is 17.6. The van der Waals surface area contributed by atoms with Gasteiger partial charge < -0.3 is 15.8 Å². The fourth-order valence-corrected chi connectivity index (χ4v) is 4.31. The molecule has 0 heterocycles. The van der Waals surface area contributed by atoms with Gasteiger partial charge in [-0.05, 0) is 54.7 Å². The molecular weight excluding hydrogens is 343 g/mol. The van der Waals surface area contributed by atoms with Gasteiger partial charge in [0.1, 0.15) is 5.82 Å². The highest BCUT2D eigenvalue weighted by atomic mass is 19.1. The SMILES string of the molecule is CCC(CC(=O)OC)c1cc(N)c(NC(C(C)C)C2CCCCC2)c(F)c1. The maximum absolute atomic E-state index is 15.0. The molecule has 1 aliphatic rings. The Morgan fingerprint density at radius 3 is 2.48 bits per heavy atom. The first kappa shape index (κ1) is 21.5. The third-order valence-corrected chi connectivity index (χ3v) is 5.93. The van der Waals surface area contributed by atoms with Crippen LogP contribution in [-0.2, 0) is 9.53 Å². The average molecular weight is 379 g/mol. The van der Waals surface area contributed by atoms with Crippen LogP contribution in [0.15, 0.2) is 12.1 Å². The van der Waals surface area contributed by atoms with E-state index in [1.807, 2.05) is 6.92 Å². The summed E-state index contributed by atoms with van der Waals surface area (Å²) in [6, 6.07) is 3.54. The maximum Gasteiger partial charge on any atom is 0.306 e. The molecule has 1 saturated carbocycles. The third kappa shape index (κ3) is 5.60. The van der Waals surface area contributed by atoms with E-state index in [4.69, 9.17) is 10.5 Å². The molecule has 3 N–H and O–H groups in total. The minimum atomic E-state index is -0.338. The van der Waals surface area contributed by atoms with Crippen molar-refractivity contribution in [2.45, 2.75) is 77.7 Å². The van der Waals surface area contributed by atoms with Gasteiger partial charge >= 0.3 is 5.97 Å². The van der Waals surface area contributed by atoms with Crippen LogP contribution in [0.2, 0.25) is 0 Å². The summed E-state index contributed by atoms with van der Waals surface area (Å²) in [5.41, 5.74) is 7.80. The lowest BCUT2D eigenvalue weighted by molar-refractivity contribution is -0.141. The van der Waals surface area contributed by atoms with E-state index in [1.165, 1.54) is 45.3 Å². The van der Waals surface area contributed by atoms with Gasteiger partial charge in [-0.15, -0.1) is 0 Å². The second-order valence-electron chi connectivity index (χ2n) is 8.16. The van der Waals surface area contributed by atoms with Gasteiger partial charge in [-0.25, -0.2) is 4.39 Å². The van der Waals surface area contributed by atoms with Crippen LogP contribution in [0, 0.1) is 17.7 Å². The zero-order valence-electron chi connectivity index (χ0n) is 17.2. The molecule has 2 atom stereocenters. The first-order chi connectivity index (χ1) is 12.9. The number of hydrogen-bond donors (Lipinski definition) is 2. The molecular formula is C22H35FN2O2. The van der Waals surface area contributed by atoms with Crippen LogP contribution in [0.3, 0.4) is 0 Å². The highest BCUT2D eigenvalue weighted by molar-refractivity contribution is 5.72. The monoisotopic (exact) mass is 378 g/mol. The molecule has 0 spiro atoms. The summed E-state index contributed by atoms with van der Waals surface area (Å²) in [7, 11) is 1.37. The number of benzene rings is 1. The van der Waals surface area contributed by atoms with Crippen LogP contribution in [0.1, 0.15) is 77.2 Å². The zero-order valence-corrected chi connectivity index (χ0v) is 17.2. The molecule has 0 aromatic heterocycles. The van der Waals surface area contributed by atoms with E-state index in [0.29, 0.717) is 23.2 Å². The maximum atomic E-state index is 15.0. The Morgan fingerprint density at radius 1 is 1.30 bits per heavy atom. The van der Waals surface area contributed by atoms with Gasteiger partial charge in [0.05, 0.1) is 24.9 Å². The minimum Gasteiger partial charge on any atom is -0.469 e. The summed E-state index contributed by atoms with van der Waals surface area (Å²) < 4.78 is 19.7. The van der Waals surface area contributed by atoms with Gasteiger partial charge in [-0.3, -0.25) is 4.79 Å². The summed E-state index contributed by atoms with van der Waals surface area (Å²) >= 11 is 0. The summed E-state index contributed by atoms with van der Waals surface area (Å²) in [5.74, 6) is 0.228. The number of halogens is 1. The molecule has 0 bridgehead atoms. The quantitative estimate of drug-likeness (QED) is 0.464. The summed E-state index contributed by atoms with van der Waals surface area (Å²) in [4.78, 5) is 11.6. The highest BCUT2D eigenvalue weighted by Gasteiger charge is 2.28. The molecule has 152 valence electrons. The minimum absolute atomic E-state index is 0.0949. The predicted octanol–water partition coefficient (Wildman–Crippen LogP) is 5.48. The fourth-order valence-electron chi connectivity index (χ4n) is 4.31. The van der Waals surface area contributed by atoms with Crippen molar-refractivity contribution in [3.8, 4) is 0 Å². The number of rotatable bonds is 8. The van der Waals surface area contributed by atoms with E-state index in [-0.39, 0.29) is 30.2 Å². The van der Waals surface area contributed by atoms with E-state index in [9.17, 15) is 9.18 Å². The molecule has 27 heavy (non-hydrogen) atoms. The number of hydrogen-bond acceptors (Lipinski definition) is 4. The van der Waals surface area contributed by atoms with Crippen molar-refractivity contribution in [2.24, 2.45) is 11.8 Å². The number of nitrogens with one attached hydrogen (secondary N) is 1. The lowest BCUT2D eigenvalue weighted by atomic mass is 9.79. The number of carbonyl (C=O) groups excluding carboxylic acids is 1. The van der Waals surface area contributed by atoms with E-state index >= 15 is 0 Å². The lowest BCUT2D eigenvalue weighted by Crippen LogP contribution is -2.36. The van der Waals surface area contributed by atoms with Crippen LogP contribution in [0.25, 0.3) is 0 Å². The van der Waals surface area contributed by atoms with E-state index in [0.717, 1.165) is 12.0 Å². The molecule has 1 fully saturated rings. The Labute approximate surface area is 163 Å². The van der Waals surface area contributed by atoms with Crippen molar-refractivity contribution < 1.29 is 13.9 Å². The highest BCUT2D eigenvalue weighted by Crippen LogP contribution is 2.36. The van der Waals surface area contributed by atoms with Crippen LogP contribution in [-0.4, -0.2) is 19.1 Å². The van der Waals surface area contributed by atoms with Gasteiger partial charge in [0.25, 0.3) is 0 Å². The van der Waals surface area contributed by atoms with Crippen molar-refractivity contribution in [3.63, 3.8) is 0 Å². The fraction of sp³-hybridized carbons (Fsp3) is 0.682. The molecule has 2 rings (SSSR count). The molecule has 5 heteroatoms. The summed E-state index contributed by atoms with van der Waals surface area (Å²) in [5, 5.41) is 3.43. The Hall–Kier alpha value is -1.78. The molecule has 0 aliphatic heterocycles. The number of ether oxygens (including phenoxy) is 1. The Balaban J connectivity index is 2.23. The van der Waals surface area contributed by atoms with Gasteiger partial charge in [0.15, 0.2) is 0 Å². The number of methoxy groups -OCH3 is 1. The van der Waals surface area contributed by atoms with Crippen molar-refractivity contribution in [3.05, 3.63) is 23.5 Å². The van der Waals surface area contributed by atoms with Gasteiger partial charge in [-0.2, -0.15) is 0 Å². The first-order valence-electron chi connectivity index (χ1n) is 10.3. The van der Waals surface area contributed by atoms with Crippen LogP contribution in [0.4, 0.5) is 15.8 Å². The molecule has 1 aliphatic carbocycles. The number of nitrogens with two attached hydrogens (primary N) is 1. The zero-order chi connectivity index (χ0) is 20.0. The van der Waals surface area contributed by atoms with Gasteiger partial charge in [-0.1, -0.05) is 40.0 Å². The topological polar surface area (TPSA) is 64.3 Å². The number of carbonyl (C=O) groups is 1. The molecule has 0 radical (unpaired) electrons. The molecule has 0 amide bonds. The van der Waals surface area contributed by atoms with E-state index in [2.05, 4.69) is 19.2 Å². The van der Waals surface area contributed by atoms with E-state index in [1.54, 1.807) is 6.07 Å². The van der Waals surface area contributed by atoms with Crippen LogP contribution < -0.4 is 11.1 Å². The second-order valence-corrected chi connectivity index (χ2v) is 8.16. The van der Waals surface area contributed by atoms with Gasteiger partial charge in [0.2, 0.25) is 0 Å². The Morgan fingerprint density at radius 2 is 1.96 bits per heavy atom. The van der Waals surface area contributed by atoms with Crippen LogP contribution >= 0.6 is 0 Å². The van der Waals surface area contributed by atoms with Crippen molar-refractivity contribution in [1.82, 2.24) is 0 Å². The summed E-state index contributed by atoms with van der Waals surface area (Å²) in [6.07, 6.45) is 7.12. The molecule has 1 aromatic rings.